The van der Waals surface area contributed by atoms with Gasteiger partial charge in [-0.05, 0) is 45.3 Å². The van der Waals surface area contributed by atoms with E-state index in [1.54, 1.807) is 19.9 Å². The predicted octanol–water partition coefficient (Wildman–Crippen LogP) is 3.01. The van der Waals surface area contributed by atoms with Gasteiger partial charge in [0.15, 0.2) is 0 Å². The number of ether oxygens (including phenoxy) is 2. The maximum Gasteiger partial charge on any atom is 0.334 e. The van der Waals surface area contributed by atoms with Crippen molar-refractivity contribution in [3.63, 3.8) is 0 Å². The van der Waals surface area contributed by atoms with Gasteiger partial charge in [0.25, 0.3) is 0 Å². The Kier molecular flexibility index (Phi) is 6.01. The molecule has 25 heavy (non-hydrogen) atoms. The lowest BCUT2D eigenvalue weighted by Gasteiger charge is -2.28. The van der Waals surface area contributed by atoms with Crippen molar-refractivity contribution in [2.75, 3.05) is 0 Å². The smallest absolute Gasteiger partial charge is 0.334 e. The molecule has 1 aliphatic heterocycles. The summed E-state index contributed by atoms with van der Waals surface area (Å²) in [5.74, 6) is -1.41. The van der Waals surface area contributed by atoms with Crippen LogP contribution in [0.1, 0.15) is 40.0 Å². The first-order valence-corrected chi connectivity index (χ1v) is 8.51. The van der Waals surface area contributed by atoms with Gasteiger partial charge in [-0.1, -0.05) is 24.8 Å². The zero-order valence-corrected chi connectivity index (χ0v) is 15.1. The minimum Gasteiger partial charge on any atom is -0.458 e. The molecule has 1 heterocycles. The molecule has 2 aliphatic rings. The van der Waals surface area contributed by atoms with Gasteiger partial charge in [0, 0.05) is 17.6 Å². The molecule has 1 saturated heterocycles. The lowest BCUT2D eigenvalue weighted by atomic mass is 9.84. The van der Waals surface area contributed by atoms with Gasteiger partial charge >= 0.3 is 11.9 Å². The number of fused-ring (bicyclic) bond motifs is 1. The van der Waals surface area contributed by atoms with Crippen molar-refractivity contribution in [1.29, 1.82) is 0 Å². The van der Waals surface area contributed by atoms with Gasteiger partial charge in [-0.3, -0.25) is 0 Å². The second-order valence-electron chi connectivity index (χ2n) is 6.77. The van der Waals surface area contributed by atoms with E-state index in [1.807, 2.05) is 13.0 Å². The minimum absolute atomic E-state index is 0.285. The van der Waals surface area contributed by atoms with Gasteiger partial charge < -0.3 is 14.6 Å². The Morgan fingerprint density at radius 2 is 2.12 bits per heavy atom. The molecule has 1 fully saturated rings. The summed E-state index contributed by atoms with van der Waals surface area (Å²) in [6.07, 6.45) is 3.17. The number of allylic oxidation sites excluding steroid dienone is 2. The standard InChI is InChI=1S/C20H26O5/c1-6-12(3)19(22)24-16-9-11(2)7-8-15(21)13(4)10-17-18(16)14(5)20(23)25-17/h6,9,15-18,21H,4-5,7-8,10H2,1-3H3/b11-9+,12-6+/t15-,16+,17-,18-/m0/s1. The normalized spacial score (nSPS) is 33.2. The third-order valence-corrected chi connectivity index (χ3v) is 4.87. The molecule has 0 saturated carbocycles. The Labute approximate surface area is 148 Å². The SMILES string of the molecule is C=C1C(=O)O[C@H]2CC(=C)[C@@H](O)CC/C(C)=C/[C@@H](OC(=O)/C(C)=C/C)[C@H]12. The lowest BCUT2D eigenvalue weighted by molar-refractivity contribution is -0.145. The molecule has 0 aromatic heterocycles. The largest absolute Gasteiger partial charge is 0.458 e. The van der Waals surface area contributed by atoms with E-state index in [-0.39, 0.29) is 5.57 Å². The van der Waals surface area contributed by atoms with E-state index in [9.17, 15) is 14.7 Å². The van der Waals surface area contributed by atoms with Crippen molar-refractivity contribution in [3.05, 3.63) is 47.6 Å². The maximum atomic E-state index is 12.3. The second-order valence-corrected chi connectivity index (χ2v) is 6.77. The molecule has 136 valence electrons. The van der Waals surface area contributed by atoms with Crippen LogP contribution in [0.2, 0.25) is 0 Å². The number of hydrogen-bond acceptors (Lipinski definition) is 5. The number of hydrogen-bond donors (Lipinski definition) is 1. The van der Waals surface area contributed by atoms with Crippen molar-refractivity contribution in [3.8, 4) is 0 Å². The third-order valence-electron chi connectivity index (χ3n) is 4.87. The fourth-order valence-electron chi connectivity index (χ4n) is 3.10. The van der Waals surface area contributed by atoms with Crippen molar-refractivity contribution in [1.82, 2.24) is 0 Å². The summed E-state index contributed by atoms with van der Waals surface area (Å²) in [5.41, 5.74) is 2.36. The highest BCUT2D eigenvalue weighted by Crippen LogP contribution is 2.37. The van der Waals surface area contributed by atoms with E-state index in [0.29, 0.717) is 30.4 Å². The van der Waals surface area contributed by atoms with Crippen LogP contribution in [0.15, 0.2) is 47.6 Å². The summed E-state index contributed by atoms with van der Waals surface area (Å²) in [5, 5.41) is 10.2. The number of aliphatic hydroxyl groups is 1. The molecule has 0 aromatic rings. The summed E-state index contributed by atoms with van der Waals surface area (Å²) in [6, 6.07) is 0. The molecule has 0 radical (unpaired) electrons. The predicted molar refractivity (Wildman–Crippen MR) is 94.6 cm³/mol. The monoisotopic (exact) mass is 346 g/mol. The van der Waals surface area contributed by atoms with Crippen LogP contribution in [0.25, 0.3) is 0 Å². The summed E-state index contributed by atoms with van der Waals surface area (Å²) in [7, 11) is 0. The van der Waals surface area contributed by atoms with Gasteiger partial charge in [-0.2, -0.15) is 0 Å². The van der Waals surface area contributed by atoms with Crippen molar-refractivity contribution in [2.45, 2.75) is 58.3 Å². The van der Waals surface area contributed by atoms with Crippen LogP contribution < -0.4 is 0 Å². The topological polar surface area (TPSA) is 72.8 Å². The van der Waals surface area contributed by atoms with Crippen LogP contribution in [0.3, 0.4) is 0 Å². The zero-order chi connectivity index (χ0) is 18.7. The first kappa shape index (κ1) is 19.2. The average molecular weight is 346 g/mol. The summed E-state index contributed by atoms with van der Waals surface area (Å²) < 4.78 is 11.1. The highest BCUT2D eigenvalue weighted by Gasteiger charge is 2.45. The fraction of sp³-hybridized carbons (Fsp3) is 0.500. The number of rotatable bonds is 2. The van der Waals surface area contributed by atoms with Crippen LogP contribution in [-0.4, -0.2) is 35.4 Å². The van der Waals surface area contributed by atoms with Crippen LogP contribution >= 0.6 is 0 Å². The third kappa shape index (κ3) is 4.28. The molecule has 0 aromatic carbocycles. The highest BCUT2D eigenvalue weighted by atomic mass is 16.6. The van der Waals surface area contributed by atoms with Gasteiger partial charge in [0.05, 0.1) is 12.0 Å². The molecule has 5 nitrogen and oxygen atoms in total. The van der Waals surface area contributed by atoms with Gasteiger partial charge in [-0.15, -0.1) is 0 Å². The molecule has 0 bridgehead atoms. The lowest BCUT2D eigenvalue weighted by Crippen LogP contribution is -2.34. The van der Waals surface area contributed by atoms with E-state index in [2.05, 4.69) is 13.2 Å². The number of carbonyl (C=O) groups is 2. The first-order valence-electron chi connectivity index (χ1n) is 8.51. The summed E-state index contributed by atoms with van der Waals surface area (Å²) >= 11 is 0. The highest BCUT2D eigenvalue weighted by molar-refractivity contribution is 5.91. The number of esters is 2. The first-order chi connectivity index (χ1) is 11.7. The molecular formula is C20H26O5. The maximum absolute atomic E-state index is 12.3. The molecule has 4 atom stereocenters. The van der Waals surface area contributed by atoms with Crippen LogP contribution in [0.4, 0.5) is 0 Å². The Bertz CT molecular complexity index is 655. The van der Waals surface area contributed by atoms with E-state index < -0.39 is 36.2 Å². The second kappa shape index (κ2) is 7.83. The Morgan fingerprint density at radius 3 is 2.76 bits per heavy atom. The minimum atomic E-state index is -0.652. The van der Waals surface area contributed by atoms with Crippen molar-refractivity contribution >= 4 is 11.9 Å². The molecule has 0 amide bonds. The quantitative estimate of drug-likeness (QED) is 0.473. The van der Waals surface area contributed by atoms with Crippen LogP contribution in [-0.2, 0) is 19.1 Å². The molecular weight excluding hydrogens is 320 g/mol. The van der Waals surface area contributed by atoms with Crippen molar-refractivity contribution in [2.24, 2.45) is 5.92 Å². The van der Waals surface area contributed by atoms with Gasteiger partial charge in [0.2, 0.25) is 0 Å². The Balaban J connectivity index is 2.40. The Morgan fingerprint density at radius 1 is 1.44 bits per heavy atom. The van der Waals surface area contributed by atoms with Crippen molar-refractivity contribution < 1.29 is 24.2 Å². The molecule has 1 aliphatic carbocycles. The van der Waals surface area contributed by atoms with E-state index in [4.69, 9.17) is 9.47 Å². The fourth-order valence-corrected chi connectivity index (χ4v) is 3.10. The van der Waals surface area contributed by atoms with Gasteiger partial charge in [-0.25, -0.2) is 9.59 Å². The molecule has 2 rings (SSSR count). The number of carbonyl (C=O) groups excluding carboxylic acids is 2. The molecule has 1 N–H and O–H groups in total. The molecule has 5 heteroatoms. The average Bonchev–Trinajstić information content (AvgIpc) is 2.84. The number of aliphatic hydroxyl groups excluding tert-OH is 1. The zero-order valence-electron chi connectivity index (χ0n) is 15.1. The molecule has 0 unspecified atom stereocenters. The summed E-state index contributed by atoms with van der Waals surface area (Å²) in [4.78, 5) is 24.3. The van der Waals surface area contributed by atoms with Crippen LogP contribution in [0.5, 0.6) is 0 Å². The van der Waals surface area contributed by atoms with Crippen LogP contribution in [0, 0.1) is 5.92 Å². The van der Waals surface area contributed by atoms with E-state index in [0.717, 1.165) is 5.57 Å². The summed E-state index contributed by atoms with van der Waals surface area (Å²) in [6.45, 7) is 13.1. The molecule has 0 spiro atoms. The van der Waals surface area contributed by atoms with E-state index >= 15 is 0 Å². The Hall–Kier alpha value is -2.14. The van der Waals surface area contributed by atoms with E-state index in [1.165, 1.54) is 0 Å². The van der Waals surface area contributed by atoms with Gasteiger partial charge in [0.1, 0.15) is 12.2 Å².